The lowest BCUT2D eigenvalue weighted by Gasteiger charge is -1.95. The van der Waals surface area contributed by atoms with Crippen molar-refractivity contribution in [3.8, 4) is 0 Å². The first-order chi connectivity index (χ1) is 8.24. The predicted molar refractivity (Wildman–Crippen MR) is 74.3 cm³/mol. The van der Waals surface area contributed by atoms with Gasteiger partial charge in [-0.2, -0.15) is 0 Å². The van der Waals surface area contributed by atoms with E-state index in [1.54, 1.807) is 0 Å². The van der Waals surface area contributed by atoms with E-state index in [9.17, 15) is 0 Å². The van der Waals surface area contributed by atoms with Crippen molar-refractivity contribution in [2.75, 3.05) is 0 Å². The van der Waals surface area contributed by atoms with Crippen LogP contribution in [0, 0.1) is 0 Å². The Balaban J connectivity index is 1.92. The molecule has 0 unspecified atom stereocenters. The normalized spacial score (nSPS) is 14.0. The van der Waals surface area contributed by atoms with Gasteiger partial charge in [-0.1, -0.05) is 47.5 Å². The zero-order valence-corrected chi connectivity index (χ0v) is 10.6. The quantitative estimate of drug-likeness (QED) is 0.687. The molecule has 0 amide bonds. The summed E-state index contributed by atoms with van der Waals surface area (Å²) in [7, 11) is 0. The van der Waals surface area contributed by atoms with Crippen LogP contribution in [-0.4, -0.2) is 0 Å². The summed E-state index contributed by atoms with van der Waals surface area (Å²) in [4.78, 5) is 0. The number of hydrogen-bond acceptors (Lipinski definition) is 0. The van der Waals surface area contributed by atoms with E-state index < -0.39 is 0 Å². The fourth-order valence-electron chi connectivity index (χ4n) is 1.99. The van der Waals surface area contributed by atoms with Crippen LogP contribution in [0.15, 0.2) is 48.5 Å². The number of benzene rings is 2. The van der Waals surface area contributed by atoms with Gasteiger partial charge in [-0.05, 0) is 53.0 Å². The number of rotatable bonds is 2. The summed E-state index contributed by atoms with van der Waals surface area (Å²) >= 11 is 11.8. The Morgan fingerprint density at radius 3 is 1.29 bits per heavy atom. The highest BCUT2D eigenvalue weighted by Crippen LogP contribution is 2.47. The molecule has 0 atom stereocenters. The van der Waals surface area contributed by atoms with Crippen LogP contribution < -0.4 is 0 Å². The molecule has 0 N–H and O–H groups in total. The van der Waals surface area contributed by atoms with Crippen LogP contribution >= 0.6 is 23.2 Å². The molecule has 0 aromatic heterocycles. The SMILES string of the molecule is Clc1ccc(C2=C(c3ccc(Cl)cc3)C2)cc1. The molecule has 17 heavy (non-hydrogen) atoms. The molecule has 84 valence electrons. The molecule has 2 aromatic rings. The van der Waals surface area contributed by atoms with Gasteiger partial charge in [0.2, 0.25) is 0 Å². The molecule has 0 aliphatic heterocycles. The van der Waals surface area contributed by atoms with Crippen LogP contribution in [0.3, 0.4) is 0 Å². The highest BCUT2D eigenvalue weighted by molar-refractivity contribution is 6.31. The third kappa shape index (κ3) is 2.24. The Morgan fingerprint density at radius 1 is 0.588 bits per heavy atom. The molecular formula is C15H10Cl2. The lowest BCUT2D eigenvalue weighted by atomic mass is 10.1. The van der Waals surface area contributed by atoms with Gasteiger partial charge in [-0.15, -0.1) is 0 Å². The lowest BCUT2D eigenvalue weighted by Crippen LogP contribution is -1.72. The third-order valence-corrected chi connectivity index (χ3v) is 3.48. The third-order valence-electron chi connectivity index (χ3n) is 2.98. The van der Waals surface area contributed by atoms with Gasteiger partial charge in [0.05, 0.1) is 0 Å². The van der Waals surface area contributed by atoms with Crippen molar-refractivity contribution in [1.82, 2.24) is 0 Å². The first-order valence-electron chi connectivity index (χ1n) is 5.48. The molecule has 0 saturated carbocycles. The van der Waals surface area contributed by atoms with E-state index in [0.29, 0.717) is 0 Å². The van der Waals surface area contributed by atoms with E-state index in [-0.39, 0.29) is 0 Å². The number of hydrogen-bond donors (Lipinski definition) is 0. The topological polar surface area (TPSA) is 0 Å². The number of allylic oxidation sites excluding steroid dienone is 2. The molecule has 2 aromatic carbocycles. The van der Waals surface area contributed by atoms with Crippen molar-refractivity contribution in [3.05, 3.63) is 69.7 Å². The monoisotopic (exact) mass is 260 g/mol. The zero-order chi connectivity index (χ0) is 11.8. The van der Waals surface area contributed by atoms with Crippen molar-refractivity contribution < 1.29 is 0 Å². The largest absolute Gasteiger partial charge is 0.0843 e. The Bertz CT molecular complexity index is 524. The summed E-state index contributed by atoms with van der Waals surface area (Å²) < 4.78 is 0. The second-order valence-corrected chi connectivity index (χ2v) is 5.02. The lowest BCUT2D eigenvalue weighted by molar-refractivity contribution is 1.57. The molecule has 2 heteroatoms. The molecule has 0 fully saturated rings. The standard InChI is InChI=1S/C15H10Cl2/c16-12-5-1-10(2-6-12)14-9-15(14)11-3-7-13(17)8-4-11/h1-8H,9H2. The van der Waals surface area contributed by atoms with Gasteiger partial charge < -0.3 is 0 Å². The van der Waals surface area contributed by atoms with Gasteiger partial charge in [-0.3, -0.25) is 0 Å². The average Bonchev–Trinajstić information content (AvgIpc) is 3.11. The first kappa shape index (κ1) is 10.9. The Labute approximate surface area is 110 Å². The van der Waals surface area contributed by atoms with Gasteiger partial charge >= 0.3 is 0 Å². The van der Waals surface area contributed by atoms with Crippen LogP contribution in [0.2, 0.25) is 10.0 Å². The second kappa shape index (κ2) is 4.21. The van der Waals surface area contributed by atoms with Gasteiger partial charge in [0.25, 0.3) is 0 Å². The highest BCUT2D eigenvalue weighted by Gasteiger charge is 2.23. The van der Waals surface area contributed by atoms with Gasteiger partial charge in [0.1, 0.15) is 0 Å². The minimum atomic E-state index is 0.781. The minimum Gasteiger partial charge on any atom is -0.0843 e. The Hall–Kier alpha value is -1.24. The minimum absolute atomic E-state index is 0.781. The summed E-state index contributed by atoms with van der Waals surface area (Å²) in [6.45, 7) is 0. The summed E-state index contributed by atoms with van der Waals surface area (Å²) in [6.07, 6.45) is 1.06. The van der Waals surface area contributed by atoms with E-state index in [1.807, 2.05) is 24.3 Å². The number of halogens is 2. The van der Waals surface area contributed by atoms with Gasteiger partial charge in [-0.25, -0.2) is 0 Å². The van der Waals surface area contributed by atoms with E-state index in [4.69, 9.17) is 23.2 Å². The van der Waals surface area contributed by atoms with Crippen LogP contribution in [0.5, 0.6) is 0 Å². The van der Waals surface area contributed by atoms with E-state index in [1.165, 1.54) is 22.3 Å². The van der Waals surface area contributed by atoms with Crippen LogP contribution in [0.1, 0.15) is 17.5 Å². The maximum Gasteiger partial charge on any atom is 0.0406 e. The van der Waals surface area contributed by atoms with E-state index >= 15 is 0 Å². The van der Waals surface area contributed by atoms with Crippen LogP contribution in [-0.2, 0) is 0 Å². The van der Waals surface area contributed by atoms with Crippen molar-refractivity contribution in [2.45, 2.75) is 6.42 Å². The van der Waals surface area contributed by atoms with Gasteiger partial charge in [0, 0.05) is 10.0 Å². The molecule has 0 saturated heterocycles. The molecule has 0 radical (unpaired) electrons. The van der Waals surface area contributed by atoms with Crippen molar-refractivity contribution in [2.24, 2.45) is 0 Å². The first-order valence-corrected chi connectivity index (χ1v) is 6.23. The van der Waals surface area contributed by atoms with E-state index in [2.05, 4.69) is 24.3 Å². The average molecular weight is 261 g/mol. The smallest absolute Gasteiger partial charge is 0.0406 e. The molecule has 0 nitrogen and oxygen atoms in total. The molecule has 0 spiro atoms. The summed E-state index contributed by atoms with van der Waals surface area (Å²) in [5, 5.41) is 1.56. The summed E-state index contributed by atoms with van der Waals surface area (Å²) in [5.74, 6) is 0. The van der Waals surface area contributed by atoms with Crippen LogP contribution in [0.4, 0.5) is 0 Å². The maximum atomic E-state index is 5.88. The van der Waals surface area contributed by atoms with Crippen molar-refractivity contribution >= 4 is 34.3 Å². The molecule has 3 rings (SSSR count). The maximum absolute atomic E-state index is 5.88. The fourth-order valence-corrected chi connectivity index (χ4v) is 2.24. The molecule has 0 heterocycles. The molecule has 1 aliphatic rings. The second-order valence-electron chi connectivity index (χ2n) is 4.15. The predicted octanol–water partition coefficient (Wildman–Crippen LogP) is 5.31. The van der Waals surface area contributed by atoms with Crippen molar-refractivity contribution in [3.63, 3.8) is 0 Å². The van der Waals surface area contributed by atoms with E-state index in [0.717, 1.165) is 16.5 Å². The summed E-state index contributed by atoms with van der Waals surface area (Å²) in [5.41, 5.74) is 5.34. The zero-order valence-electron chi connectivity index (χ0n) is 9.08. The Kier molecular flexibility index (Phi) is 2.70. The van der Waals surface area contributed by atoms with Crippen LogP contribution in [0.25, 0.3) is 11.1 Å². The Morgan fingerprint density at radius 2 is 0.941 bits per heavy atom. The molecule has 1 aliphatic carbocycles. The van der Waals surface area contributed by atoms with Crippen molar-refractivity contribution in [1.29, 1.82) is 0 Å². The van der Waals surface area contributed by atoms with Gasteiger partial charge in [0.15, 0.2) is 0 Å². The fraction of sp³-hybridized carbons (Fsp3) is 0.0667. The summed E-state index contributed by atoms with van der Waals surface area (Å²) in [6, 6.07) is 16.0. The molecular weight excluding hydrogens is 251 g/mol. The highest BCUT2D eigenvalue weighted by atomic mass is 35.5. The molecule has 0 bridgehead atoms.